The summed E-state index contributed by atoms with van der Waals surface area (Å²) in [4.78, 5) is 20.7. The fraction of sp³-hybridized carbons (Fsp3) is 0.240. The normalized spacial score (nSPS) is 10.7. The number of aryl methyl sites for hydroxylation is 1. The molecule has 0 spiro atoms. The first-order valence-electron chi connectivity index (χ1n) is 11.0. The van der Waals surface area contributed by atoms with Crippen LogP contribution in [0.3, 0.4) is 0 Å². The molecule has 35 heavy (non-hydrogen) atoms. The highest BCUT2D eigenvalue weighted by Crippen LogP contribution is 2.31. The summed E-state index contributed by atoms with van der Waals surface area (Å²) >= 11 is 0. The van der Waals surface area contributed by atoms with Gasteiger partial charge in [-0.1, -0.05) is 12.1 Å². The van der Waals surface area contributed by atoms with Crippen molar-refractivity contribution in [1.82, 2.24) is 19.9 Å². The van der Waals surface area contributed by atoms with E-state index < -0.39 is 6.09 Å². The lowest BCUT2D eigenvalue weighted by molar-refractivity contribution is 0.185. The second kappa shape index (κ2) is 11.2. The topological polar surface area (TPSA) is 109 Å². The standard InChI is InChI=1S/C25H27N5O5/c1-30-21-10-9-17(15-20(21)29-24(30)28-19-7-4-5-8-22(19)33-3)34-18-11-13-26-23(16-18)35-25(31)27-12-6-14-32-2/h4-5,7-11,13,15-16H,6,12,14H2,1-3H3,(H,27,31)(H,28,29). The van der Waals surface area contributed by atoms with E-state index in [-0.39, 0.29) is 5.88 Å². The zero-order valence-corrected chi connectivity index (χ0v) is 19.8. The van der Waals surface area contributed by atoms with E-state index in [1.165, 1.54) is 6.20 Å². The quantitative estimate of drug-likeness (QED) is 0.318. The van der Waals surface area contributed by atoms with Crippen LogP contribution in [-0.2, 0) is 11.8 Å². The Balaban J connectivity index is 1.45. The zero-order chi connectivity index (χ0) is 24.6. The number of methoxy groups -OCH3 is 2. The first-order chi connectivity index (χ1) is 17.1. The minimum atomic E-state index is -0.587. The summed E-state index contributed by atoms with van der Waals surface area (Å²) in [5.41, 5.74) is 2.50. The molecular weight excluding hydrogens is 450 g/mol. The second-order valence-corrected chi connectivity index (χ2v) is 7.56. The van der Waals surface area contributed by atoms with Gasteiger partial charge in [-0.2, -0.15) is 0 Å². The van der Waals surface area contributed by atoms with E-state index >= 15 is 0 Å². The summed E-state index contributed by atoms with van der Waals surface area (Å²) in [5.74, 6) is 2.58. The molecule has 182 valence electrons. The fourth-order valence-corrected chi connectivity index (χ4v) is 3.41. The van der Waals surface area contributed by atoms with Crippen LogP contribution in [0, 0.1) is 0 Å². The Bertz CT molecular complexity index is 1310. The van der Waals surface area contributed by atoms with E-state index in [1.54, 1.807) is 26.4 Å². The molecule has 2 heterocycles. The van der Waals surface area contributed by atoms with Crippen molar-refractivity contribution in [1.29, 1.82) is 0 Å². The van der Waals surface area contributed by atoms with Crippen LogP contribution in [0.5, 0.6) is 23.1 Å². The number of pyridine rings is 1. The molecule has 0 saturated carbocycles. The lowest BCUT2D eigenvalue weighted by atomic mass is 10.3. The average molecular weight is 478 g/mol. The largest absolute Gasteiger partial charge is 0.495 e. The van der Waals surface area contributed by atoms with Gasteiger partial charge in [-0.15, -0.1) is 0 Å². The van der Waals surface area contributed by atoms with Crippen LogP contribution in [0.15, 0.2) is 60.8 Å². The number of para-hydroxylation sites is 2. The molecule has 10 heteroatoms. The molecule has 0 atom stereocenters. The van der Waals surface area contributed by atoms with Crippen LogP contribution in [0.4, 0.5) is 16.4 Å². The summed E-state index contributed by atoms with van der Waals surface area (Å²) in [6.45, 7) is 1.00. The predicted octanol–water partition coefficient (Wildman–Crippen LogP) is 4.64. The molecule has 0 radical (unpaired) electrons. The Labute approximate surface area is 202 Å². The molecule has 0 saturated heterocycles. The minimum absolute atomic E-state index is 0.133. The number of rotatable bonds is 10. The third-order valence-electron chi connectivity index (χ3n) is 5.14. The molecule has 0 aliphatic carbocycles. The molecule has 4 aromatic rings. The van der Waals surface area contributed by atoms with E-state index in [2.05, 4.69) is 15.6 Å². The van der Waals surface area contributed by atoms with Crippen molar-refractivity contribution in [3.05, 3.63) is 60.8 Å². The average Bonchev–Trinajstić information content (AvgIpc) is 3.16. The maximum atomic E-state index is 11.9. The van der Waals surface area contributed by atoms with Crippen molar-refractivity contribution >= 4 is 28.8 Å². The molecule has 2 N–H and O–H groups in total. The fourth-order valence-electron chi connectivity index (χ4n) is 3.41. The lowest BCUT2D eigenvalue weighted by Crippen LogP contribution is -2.28. The highest BCUT2D eigenvalue weighted by Gasteiger charge is 2.12. The van der Waals surface area contributed by atoms with Gasteiger partial charge in [0.2, 0.25) is 11.8 Å². The Kier molecular flexibility index (Phi) is 7.63. The van der Waals surface area contributed by atoms with Gasteiger partial charge in [-0.05, 0) is 36.8 Å². The first-order valence-corrected chi connectivity index (χ1v) is 11.0. The molecule has 4 rings (SSSR count). The maximum absolute atomic E-state index is 11.9. The summed E-state index contributed by atoms with van der Waals surface area (Å²) in [7, 11) is 5.17. The number of fused-ring (bicyclic) bond motifs is 1. The number of hydrogen-bond acceptors (Lipinski definition) is 8. The summed E-state index contributed by atoms with van der Waals surface area (Å²) < 4.78 is 23.5. The minimum Gasteiger partial charge on any atom is -0.495 e. The molecule has 0 aliphatic heterocycles. The molecule has 2 aromatic carbocycles. The number of hydrogen-bond donors (Lipinski definition) is 2. The number of nitrogens with one attached hydrogen (secondary N) is 2. The van der Waals surface area contributed by atoms with Crippen molar-refractivity contribution in [3.63, 3.8) is 0 Å². The number of carbonyl (C=O) groups excluding carboxylic acids is 1. The number of imidazole rings is 1. The molecule has 0 unspecified atom stereocenters. The molecule has 1 amide bonds. The van der Waals surface area contributed by atoms with E-state index in [9.17, 15) is 4.79 Å². The first kappa shape index (κ1) is 23.8. The zero-order valence-electron chi connectivity index (χ0n) is 19.8. The Morgan fingerprint density at radius 2 is 1.89 bits per heavy atom. The van der Waals surface area contributed by atoms with Gasteiger partial charge < -0.3 is 34.1 Å². The summed E-state index contributed by atoms with van der Waals surface area (Å²) in [5, 5.41) is 5.95. The highest BCUT2D eigenvalue weighted by molar-refractivity contribution is 5.81. The van der Waals surface area contributed by atoms with Crippen LogP contribution in [0.2, 0.25) is 0 Å². The van der Waals surface area contributed by atoms with Gasteiger partial charge in [0.1, 0.15) is 17.2 Å². The van der Waals surface area contributed by atoms with Gasteiger partial charge in [0.15, 0.2) is 0 Å². The van der Waals surface area contributed by atoms with Crippen molar-refractivity contribution in [2.24, 2.45) is 7.05 Å². The highest BCUT2D eigenvalue weighted by atomic mass is 16.6. The van der Waals surface area contributed by atoms with Gasteiger partial charge in [0.05, 0.1) is 23.8 Å². The molecule has 0 fully saturated rings. The Hall–Kier alpha value is -4.31. The summed E-state index contributed by atoms with van der Waals surface area (Å²) in [6, 6.07) is 16.5. The Morgan fingerprint density at radius 3 is 2.71 bits per heavy atom. The van der Waals surface area contributed by atoms with Crippen LogP contribution in [-0.4, -0.2) is 48.0 Å². The molecule has 0 bridgehead atoms. The third kappa shape index (κ3) is 5.98. The van der Waals surface area contributed by atoms with E-state index in [0.29, 0.717) is 37.0 Å². The van der Waals surface area contributed by atoms with Crippen molar-refractivity contribution in [3.8, 4) is 23.1 Å². The van der Waals surface area contributed by atoms with Gasteiger partial charge in [-0.25, -0.2) is 14.8 Å². The number of nitrogens with zero attached hydrogens (tertiary/aromatic N) is 3. The van der Waals surface area contributed by atoms with Gasteiger partial charge >= 0.3 is 6.09 Å². The Morgan fingerprint density at radius 1 is 1.06 bits per heavy atom. The third-order valence-corrected chi connectivity index (χ3v) is 5.14. The lowest BCUT2D eigenvalue weighted by Gasteiger charge is -2.10. The van der Waals surface area contributed by atoms with Crippen LogP contribution in [0.25, 0.3) is 11.0 Å². The van der Waals surface area contributed by atoms with Crippen LogP contribution in [0.1, 0.15) is 6.42 Å². The number of aromatic nitrogens is 3. The molecule has 10 nitrogen and oxygen atoms in total. The van der Waals surface area contributed by atoms with E-state index in [0.717, 1.165) is 22.5 Å². The van der Waals surface area contributed by atoms with Crippen LogP contribution >= 0.6 is 0 Å². The van der Waals surface area contributed by atoms with Gasteiger partial charge in [-0.3, -0.25) is 0 Å². The number of carbonyl (C=O) groups is 1. The van der Waals surface area contributed by atoms with Crippen molar-refractivity contribution < 1.29 is 23.7 Å². The molecule has 0 aliphatic rings. The predicted molar refractivity (Wildman–Crippen MR) is 132 cm³/mol. The maximum Gasteiger partial charge on any atom is 0.413 e. The molecular formula is C25H27N5O5. The van der Waals surface area contributed by atoms with E-state index in [4.69, 9.17) is 23.9 Å². The second-order valence-electron chi connectivity index (χ2n) is 7.56. The van der Waals surface area contributed by atoms with Crippen LogP contribution < -0.4 is 24.8 Å². The molecule has 2 aromatic heterocycles. The van der Waals surface area contributed by atoms with E-state index in [1.807, 2.05) is 54.1 Å². The monoisotopic (exact) mass is 477 g/mol. The van der Waals surface area contributed by atoms with Crippen molar-refractivity contribution in [2.75, 3.05) is 32.7 Å². The number of amides is 1. The van der Waals surface area contributed by atoms with Gasteiger partial charge in [0.25, 0.3) is 0 Å². The number of ether oxygens (including phenoxy) is 4. The number of anilines is 2. The SMILES string of the molecule is COCCCNC(=O)Oc1cc(Oc2ccc3c(c2)nc(Nc2ccccc2OC)n3C)ccn1. The van der Waals surface area contributed by atoms with Gasteiger partial charge in [0, 0.05) is 45.6 Å². The smallest absolute Gasteiger partial charge is 0.413 e. The number of benzene rings is 2. The van der Waals surface area contributed by atoms with Crippen molar-refractivity contribution in [2.45, 2.75) is 6.42 Å². The summed E-state index contributed by atoms with van der Waals surface area (Å²) in [6.07, 6.45) is 1.61.